The van der Waals surface area contributed by atoms with Crippen LogP contribution in [0.5, 0.6) is 0 Å². The second-order valence-corrected chi connectivity index (χ2v) is 6.13. The van der Waals surface area contributed by atoms with Crippen LogP contribution in [0.3, 0.4) is 0 Å². The summed E-state index contributed by atoms with van der Waals surface area (Å²) in [5, 5.41) is 1.26. The van der Waals surface area contributed by atoms with E-state index in [1.54, 1.807) is 0 Å². The first kappa shape index (κ1) is 10.1. The van der Waals surface area contributed by atoms with E-state index < -0.39 is 0 Å². The predicted molar refractivity (Wildman–Crippen MR) is 60.9 cm³/mol. The summed E-state index contributed by atoms with van der Waals surface area (Å²) in [4.78, 5) is 6.23. The number of aromatic nitrogens is 1. The monoisotopic (exact) mass is 210 g/mol. The number of nitrogens with zero attached hydrogens (tertiary/aromatic N) is 1. The van der Waals surface area contributed by atoms with Crippen LogP contribution in [0, 0.1) is 0 Å². The summed E-state index contributed by atoms with van der Waals surface area (Å²) in [6, 6.07) is 0. The van der Waals surface area contributed by atoms with Crippen molar-refractivity contribution in [3.63, 3.8) is 0 Å². The molecule has 2 N–H and O–H groups in total. The van der Waals surface area contributed by atoms with Crippen molar-refractivity contribution in [2.75, 3.05) is 6.54 Å². The van der Waals surface area contributed by atoms with E-state index in [1.807, 2.05) is 11.3 Å². The van der Waals surface area contributed by atoms with E-state index in [0.717, 1.165) is 6.54 Å². The van der Waals surface area contributed by atoms with Crippen LogP contribution in [-0.4, -0.2) is 11.5 Å². The lowest BCUT2D eigenvalue weighted by Gasteiger charge is -2.14. The summed E-state index contributed by atoms with van der Waals surface area (Å²) in [5.74, 6) is 0.525. The van der Waals surface area contributed by atoms with Gasteiger partial charge >= 0.3 is 0 Å². The maximum Gasteiger partial charge on any atom is 0.0984 e. The number of nitrogens with two attached hydrogens (primary N) is 1. The lowest BCUT2D eigenvalue weighted by molar-refractivity contribution is 0.577. The number of hydrogen-bond acceptors (Lipinski definition) is 3. The van der Waals surface area contributed by atoms with E-state index in [0.29, 0.717) is 5.92 Å². The second kappa shape index (κ2) is 3.31. The van der Waals surface area contributed by atoms with E-state index in [4.69, 9.17) is 10.7 Å². The molecule has 2 nitrogen and oxygen atoms in total. The summed E-state index contributed by atoms with van der Waals surface area (Å²) < 4.78 is 0. The van der Waals surface area contributed by atoms with Crippen molar-refractivity contribution in [3.8, 4) is 0 Å². The molecule has 0 amide bonds. The van der Waals surface area contributed by atoms with Crippen molar-refractivity contribution < 1.29 is 0 Å². The van der Waals surface area contributed by atoms with Crippen LogP contribution in [0.4, 0.5) is 0 Å². The van der Waals surface area contributed by atoms with Crippen molar-refractivity contribution in [1.82, 2.24) is 4.98 Å². The lowest BCUT2D eigenvalue weighted by Crippen LogP contribution is -2.13. The normalized spacial score (nSPS) is 21.3. The molecule has 1 unspecified atom stereocenters. The third kappa shape index (κ3) is 1.59. The van der Waals surface area contributed by atoms with Crippen LogP contribution in [0.1, 0.15) is 48.7 Å². The minimum absolute atomic E-state index is 0.189. The van der Waals surface area contributed by atoms with Gasteiger partial charge in [-0.15, -0.1) is 11.3 Å². The zero-order valence-electron chi connectivity index (χ0n) is 9.13. The molecule has 1 aromatic rings. The van der Waals surface area contributed by atoms with E-state index >= 15 is 0 Å². The van der Waals surface area contributed by atoms with Crippen molar-refractivity contribution in [2.24, 2.45) is 5.73 Å². The topological polar surface area (TPSA) is 38.9 Å². The van der Waals surface area contributed by atoms with Crippen LogP contribution < -0.4 is 5.73 Å². The molecule has 1 atom stereocenters. The molecular formula is C11H18N2S. The first-order valence-corrected chi connectivity index (χ1v) is 6.04. The lowest BCUT2D eigenvalue weighted by atomic mass is 9.98. The molecule has 1 heterocycles. The minimum Gasteiger partial charge on any atom is -0.330 e. The molecule has 3 heteroatoms. The van der Waals surface area contributed by atoms with Gasteiger partial charge < -0.3 is 5.73 Å². The summed E-state index contributed by atoms with van der Waals surface area (Å²) in [7, 11) is 0. The highest BCUT2D eigenvalue weighted by molar-refractivity contribution is 7.12. The maximum atomic E-state index is 5.73. The first-order valence-electron chi connectivity index (χ1n) is 5.22. The van der Waals surface area contributed by atoms with Gasteiger partial charge in [-0.25, -0.2) is 4.98 Å². The average molecular weight is 210 g/mol. The number of fused-ring (bicyclic) bond motifs is 1. The highest BCUT2D eigenvalue weighted by Gasteiger charge is 2.29. The molecule has 0 aliphatic heterocycles. The Morgan fingerprint density at radius 1 is 1.50 bits per heavy atom. The van der Waals surface area contributed by atoms with Gasteiger partial charge in [0.15, 0.2) is 0 Å². The van der Waals surface area contributed by atoms with Gasteiger partial charge in [-0.3, -0.25) is 0 Å². The van der Waals surface area contributed by atoms with Gasteiger partial charge in [0.05, 0.1) is 10.7 Å². The summed E-state index contributed by atoms with van der Waals surface area (Å²) in [6.45, 7) is 7.41. The van der Waals surface area contributed by atoms with Gasteiger partial charge in [-0.1, -0.05) is 20.8 Å². The molecule has 1 aliphatic carbocycles. The Kier molecular flexibility index (Phi) is 2.40. The summed E-state index contributed by atoms with van der Waals surface area (Å²) in [6.07, 6.45) is 2.39. The Morgan fingerprint density at radius 2 is 2.21 bits per heavy atom. The largest absolute Gasteiger partial charge is 0.330 e. The van der Waals surface area contributed by atoms with Gasteiger partial charge in [0.2, 0.25) is 0 Å². The molecule has 1 aliphatic rings. The minimum atomic E-state index is 0.189. The van der Waals surface area contributed by atoms with Crippen molar-refractivity contribution >= 4 is 11.3 Å². The van der Waals surface area contributed by atoms with Gasteiger partial charge in [0, 0.05) is 22.8 Å². The van der Waals surface area contributed by atoms with Crippen LogP contribution in [0.15, 0.2) is 0 Å². The Hall–Kier alpha value is -0.410. The van der Waals surface area contributed by atoms with Crippen LogP contribution in [0.25, 0.3) is 0 Å². The molecule has 0 saturated heterocycles. The Labute approximate surface area is 89.5 Å². The second-order valence-electron chi connectivity index (χ2n) is 5.05. The molecule has 0 spiro atoms. The Balaban J connectivity index is 2.35. The van der Waals surface area contributed by atoms with E-state index in [1.165, 1.54) is 28.4 Å². The molecule has 0 fully saturated rings. The van der Waals surface area contributed by atoms with E-state index in [2.05, 4.69) is 20.8 Å². The Bertz CT molecular complexity index is 336. The summed E-state index contributed by atoms with van der Waals surface area (Å²) in [5.41, 5.74) is 7.21. The molecule has 2 rings (SSSR count). The molecule has 14 heavy (non-hydrogen) atoms. The SMILES string of the molecule is CC(C)(C)c1nc2c(s1)CCC2CN. The fourth-order valence-electron chi connectivity index (χ4n) is 1.85. The van der Waals surface area contributed by atoms with Crippen LogP contribution in [0.2, 0.25) is 0 Å². The highest BCUT2D eigenvalue weighted by Crippen LogP contribution is 2.39. The van der Waals surface area contributed by atoms with E-state index in [-0.39, 0.29) is 5.41 Å². The summed E-state index contributed by atoms with van der Waals surface area (Å²) >= 11 is 1.88. The smallest absolute Gasteiger partial charge is 0.0984 e. The molecule has 0 radical (unpaired) electrons. The van der Waals surface area contributed by atoms with Gasteiger partial charge in [-0.05, 0) is 12.8 Å². The maximum absolute atomic E-state index is 5.73. The third-order valence-electron chi connectivity index (χ3n) is 2.76. The quantitative estimate of drug-likeness (QED) is 0.773. The number of rotatable bonds is 1. The molecule has 78 valence electrons. The zero-order chi connectivity index (χ0) is 10.3. The van der Waals surface area contributed by atoms with Crippen molar-refractivity contribution in [2.45, 2.75) is 44.9 Å². The molecule has 0 bridgehead atoms. The zero-order valence-corrected chi connectivity index (χ0v) is 9.95. The Morgan fingerprint density at radius 3 is 2.79 bits per heavy atom. The standard InChI is InChI=1S/C11H18N2S/c1-11(2,3)10-13-9-7(6-12)4-5-8(9)14-10/h7H,4-6,12H2,1-3H3. The van der Waals surface area contributed by atoms with Crippen LogP contribution >= 0.6 is 11.3 Å². The van der Waals surface area contributed by atoms with Gasteiger partial charge in [0.1, 0.15) is 0 Å². The predicted octanol–water partition coefficient (Wildman–Crippen LogP) is 2.43. The first-order chi connectivity index (χ1) is 6.52. The van der Waals surface area contributed by atoms with Gasteiger partial charge in [0.25, 0.3) is 0 Å². The van der Waals surface area contributed by atoms with Crippen LogP contribution in [-0.2, 0) is 11.8 Å². The average Bonchev–Trinajstić information content (AvgIpc) is 2.58. The number of aryl methyl sites for hydroxylation is 1. The molecular weight excluding hydrogens is 192 g/mol. The molecule has 0 saturated carbocycles. The molecule has 1 aromatic heterocycles. The number of thiazole rings is 1. The molecule has 0 aromatic carbocycles. The van der Waals surface area contributed by atoms with Crippen molar-refractivity contribution in [1.29, 1.82) is 0 Å². The highest BCUT2D eigenvalue weighted by atomic mass is 32.1. The van der Waals surface area contributed by atoms with Gasteiger partial charge in [-0.2, -0.15) is 0 Å². The third-order valence-corrected chi connectivity index (χ3v) is 4.32. The number of hydrogen-bond donors (Lipinski definition) is 1. The van der Waals surface area contributed by atoms with E-state index in [9.17, 15) is 0 Å². The van der Waals surface area contributed by atoms with Crippen molar-refractivity contribution in [3.05, 3.63) is 15.6 Å². The fourth-order valence-corrected chi connectivity index (χ4v) is 3.07. The fraction of sp³-hybridized carbons (Fsp3) is 0.727.